The van der Waals surface area contributed by atoms with Gasteiger partial charge in [-0.05, 0) is 42.7 Å². The van der Waals surface area contributed by atoms with Crippen LogP contribution in [0.25, 0.3) is 0 Å². The minimum absolute atomic E-state index is 0.0378. The fourth-order valence-corrected chi connectivity index (χ4v) is 4.63. The Morgan fingerprint density at radius 3 is 2.05 bits per heavy atom. The van der Waals surface area contributed by atoms with E-state index in [4.69, 9.17) is 29.4 Å². The number of anilines is 1. The zero-order chi connectivity index (χ0) is 40.7. The predicted octanol–water partition coefficient (Wildman–Crippen LogP) is 0.663. The van der Waals surface area contributed by atoms with Crippen molar-refractivity contribution in [1.82, 2.24) is 20.9 Å². The first-order chi connectivity index (χ1) is 26.9. The van der Waals surface area contributed by atoms with Gasteiger partial charge in [-0.2, -0.15) is 0 Å². The molecule has 0 bridgehead atoms. The quantitative estimate of drug-likeness (QED) is 0.0231. The molecule has 0 aromatic heterocycles. The van der Waals surface area contributed by atoms with Gasteiger partial charge in [-0.15, -0.1) is 0 Å². The van der Waals surface area contributed by atoms with Gasteiger partial charge in [-0.25, -0.2) is 9.59 Å². The highest BCUT2D eigenvalue weighted by molar-refractivity contribution is 6.12. The van der Waals surface area contributed by atoms with E-state index in [0.717, 1.165) is 4.90 Å². The molecule has 2 aromatic carbocycles. The summed E-state index contributed by atoms with van der Waals surface area (Å²) in [6.45, 7) is 0.910. The van der Waals surface area contributed by atoms with Crippen LogP contribution in [0, 0.1) is 10.1 Å². The van der Waals surface area contributed by atoms with E-state index in [2.05, 4.69) is 21.3 Å². The van der Waals surface area contributed by atoms with Crippen LogP contribution in [0.3, 0.4) is 0 Å². The van der Waals surface area contributed by atoms with Crippen molar-refractivity contribution in [3.8, 4) is 5.75 Å². The molecule has 1 aliphatic heterocycles. The molecule has 3 rings (SSSR count). The van der Waals surface area contributed by atoms with Gasteiger partial charge in [0, 0.05) is 42.9 Å². The third-order valence-corrected chi connectivity index (χ3v) is 7.47. The van der Waals surface area contributed by atoms with Crippen LogP contribution in [0.5, 0.6) is 5.75 Å². The van der Waals surface area contributed by atoms with Gasteiger partial charge in [0.05, 0.1) is 57.7 Å². The van der Waals surface area contributed by atoms with E-state index >= 15 is 0 Å². The maximum atomic E-state index is 13.1. The van der Waals surface area contributed by atoms with Crippen molar-refractivity contribution in [3.05, 3.63) is 76.4 Å². The summed E-state index contributed by atoms with van der Waals surface area (Å²) < 4.78 is 26.1. The zero-order valence-electron chi connectivity index (χ0n) is 30.2. The number of hydrogen-bond donors (Lipinski definition) is 5. The molecule has 0 spiro atoms. The Morgan fingerprint density at radius 1 is 0.804 bits per heavy atom. The van der Waals surface area contributed by atoms with E-state index in [1.807, 2.05) is 0 Å². The Bertz CT molecular complexity index is 1690. The summed E-state index contributed by atoms with van der Waals surface area (Å²) in [6.07, 6.45) is 1.74. The lowest BCUT2D eigenvalue weighted by molar-refractivity contribution is -0.384. The number of non-ortho nitro benzene ring substituents is 1. The first-order valence-electron chi connectivity index (χ1n) is 17.3. The van der Waals surface area contributed by atoms with E-state index in [0.29, 0.717) is 11.3 Å². The summed E-state index contributed by atoms with van der Waals surface area (Å²) in [5.41, 5.74) is 5.83. The zero-order valence-corrected chi connectivity index (χ0v) is 30.2. The Balaban J connectivity index is 1.32. The van der Waals surface area contributed by atoms with Gasteiger partial charge in [-0.3, -0.25) is 39.0 Å². The second-order valence-electron chi connectivity index (χ2n) is 11.7. The van der Waals surface area contributed by atoms with Crippen molar-refractivity contribution in [1.29, 1.82) is 0 Å². The van der Waals surface area contributed by atoms with Crippen molar-refractivity contribution in [2.45, 2.75) is 31.9 Å². The number of benzene rings is 2. The molecule has 0 unspecified atom stereocenters. The number of nitro groups is 1. The van der Waals surface area contributed by atoms with Gasteiger partial charge < -0.3 is 50.7 Å². The highest BCUT2D eigenvalue weighted by atomic mass is 16.7. The Labute approximate surface area is 320 Å². The lowest BCUT2D eigenvalue weighted by Crippen LogP contribution is -2.47. The summed E-state index contributed by atoms with van der Waals surface area (Å²) >= 11 is 0. The molecule has 0 aliphatic carbocycles. The minimum Gasteiger partial charge on any atom is -0.429 e. The van der Waals surface area contributed by atoms with E-state index in [1.54, 1.807) is 24.3 Å². The summed E-state index contributed by atoms with van der Waals surface area (Å²) in [6, 6.07) is 9.31. The summed E-state index contributed by atoms with van der Waals surface area (Å²) in [7, 11) is 0. The third kappa shape index (κ3) is 17.1. The minimum atomic E-state index is -1.05. The number of rotatable bonds is 25. The molecule has 302 valence electrons. The molecule has 2 aromatic rings. The molecule has 56 heavy (non-hydrogen) atoms. The SMILES string of the molecule is NC(=O)NCCC[C@H](NC(=O)CNC(=O)CCOCCOCCOCCN1C(=O)C=CC1=O)C(=O)Nc1ccc(COC(=O)Oc2ccc([N+](=O)[O-])cc2)cc1. The number of urea groups is 1. The molecule has 0 saturated carbocycles. The maximum Gasteiger partial charge on any atom is 0.514 e. The van der Waals surface area contributed by atoms with Gasteiger partial charge in [0.25, 0.3) is 17.5 Å². The van der Waals surface area contributed by atoms with Crippen molar-refractivity contribution < 1.29 is 62.2 Å². The Hall–Kier alpha value is -6.45. The molecule has 0 radical (unpaired) electrons. The number of nitrogens with zero attached hydrogens (tertiary/aromatic N) is 2. The van der Waals surface area contributed by atoms with Crippen LogP contribution in [0.4, 0.5) is 21.0 Å². The highest BCUT2D eigenvalue weighted by Crippen LogP contribution is 2.18. The van der Waals surface area contributed by atoms with E-state index in [-0.39, 0.29) is 102 Å². The second-order valence-corrected chi connectivity index (χ2v) is 11.7. The van der Waals surface area contributed by atoms with E-state index in [9.17, 15) is 43.7 Å². The van der Waals surface area contributed by atoms with Crippen LogP contribution in [-0.2, 0) is 49.5 Å². The van der Waals surface area contributed by atoms with Crippen LogP contribution in [0.15, 0.2) is 60.7 Å². The Kier molecular flexibility index (Phi) is 18.9. The first-order valence-corrected chi connectivity index (χ1v) is 17.3. The predicted molar refractivity (Wildman–Crippen MR) is 194 cm³/mol. The van der Waals surface area contributed by atoms with Crippen LogP contribution >= 0.6 is 0 Å². The van der Waals surface area contributed by atoms with Crippen LogP contribution in [0.1, 0.15) is 24.8 Å². The molecule has 7 amide bonds. The summed E-state index contributed by atoms with van der Waals surface area (Å²) in [4.78, 5) is 95.2. The number of ether oxygens (including phenoxy) is 5. The van der Waals surface area contributed by atoms with E-state index < -0.39 is 47.4 Å². The lowest BCUT2D eigenvalue weighted by Gasteiger charge is -2.19. The van der Waals surface area contributed by atoms with Crippen molar-refractivity contribution in [3.63, 3.8) is 0 Å². The number of hydrogen-bond acceptors (Lipinski definition) is 14. The number of imide groups is 1. The van der Waals surface area contributed by atoms with Crippen molar-refractivity contribution in [2.24, 2.45) is 5.73 Å². The molecule has 1 atom stereocenters. The van der Waals surface area contributed by atoms with Crippen molar-refractivity contribution >= 4 is 53.1 Å². The largest absolute Gasteiger partial charge is 0.514 e. The molecule has 1 aliphatic rings. The lowest BCUT2D eigenvalue weighted by atomic mass is 10.1. The second kappa shape index (κ2) is 24.1. The van der Waals surface area contributed by atoms with E-state index in [1.165, 1.54) is 36.4 Å². The van der Waals surface area contributed by atoms with Gasteiger partial charge >= 0.3 is 12.2 Å². The number of nitrogens with one attached hydrogen (secondary N) is 4. The van der Waals surface area contributed by atoms with Gasteiger partial charge in [0.2, 0.25) is 17.7 Å². The van der Waals surface area contributed by atoms with Crippen LogP contribution in [0.2, 0.25) is 0 Å². The number of primary amides is 1. The molecule has 6 N–H and O–H groups in total. The van der Waals surface area contributed by atoms with Gasteiger partial charge in [0.1, 0.15) is 18.4 Å². The normalized spacial score (nSPS) is 12.5. The topological polar surface area (TPSA) is 286 Å². The van der Waals surface area contributed by atoms with Crippen molar-refractivity contribution in [2.75, 3.05) is 64.6 Å². The maximum absolute atomic E-state index is 13.1. The first kappa shape index (κ1) is 44.0. The Morgan fingerprint density at radius 2 is 1.43 bits per heavy atom. The fraction of sp³-hybridized carbons (Fsp3) is 0.400. The highest BCUT2D eigenvalue weighted by Gasteiger charge is 2.23. The number of nitro benzene ring substituents is 1. The summed E-state index contributed by atoms with van der Waals surface area (Å²) in [5, 5.41) is 20.9. The van der Waals surface area contributed by atoms with Crippen LogP contribution < -0.4 is 31.7 Å². The number of nitrogens with two attached hydrogens (primary N) is 1. The molecule has 21 nitrogen and oxygen atoms in total. The number of amides is 7. The molecule has 0 saturated heterocycles. The summed E-state index contributed by atoms with van der Waals surface area (Å²) in [5.74, 6) is -2.36. The molecular weight excluding hydrogens is 742 g/mol. The molecule has 0 fully saturated rings. The van der Waals surface area contributed by atoms with Gasteiger partial charge in [-0.1, -0.05) is 12.1 Å². The number of carbonyl (C=O) groups excluding carboxylic acids is 7. The van der Waals surface area contributed by atoms with Crippen LogP contribution in [-0.4, -0.2) is 117 Å². The molecule has 21 heteroatoms. The fourth-order valence-electron chi connectivity index (χ4n) is 4.63. The molecular formula is C35H43N7O14. The standard InChI is InChI=1S/C35H43N7O14/c36-34(48)37-14-1-2-28(33(47)39-25-5-3-24(4-6-25)23-55-35(49)56-27-9-7-26(8-10-27)42(50)51)40-30(44)22-38-29(43)13-16-52-18-20-54-21-19-53-17-15-41-31(45)11-12-32(41)46/h3-12,28H,1-2,13-23H2,(H,38,43)(H,39,47)(H,40,44)(H3,36,37,48)/t28-/m0/s1. The average Bonchev–Trinajstić information content (AvgIpc) is 3.49. The smallest absolute Gasteiger partial charge is 0.429 e. The van der Waals surface area contributed by atoms with Gasteiger partial charge in [0.15, 0.2) is 0 Å². The molecule has 1 heterocycles. The average molecular weight is 786 g/mol. The third-order valence-electron chi connectivity index (χ3n) is 7.47. The number of carbonyl (C=O) groups is 7. The monoisotopic (exact) mass is 785 g/mol.